The van der Waals surface area contributed by atoms with Crippen LogP contribution in [-0.4, -0.2) is 13.1 Å². The van der Waals surface area contributed by atoms with Crippen LogP contribution in [0.3, 0.4) is 0 Å². The van der Waals surface area contributed by atoms with Crippen LogP contribution in [0.25, 0.3) is 0 Å². The zero-order chi connectivity index (χ0) is 15.9. The zero-order valence-electron chi connectivity index (χ0n) is 14.2. The van der Waals surface area contributed by atoms with E-state index in [9.17, 15) is 0 Å². The van der Waals surface area contributed by atoms with Crippen LogP contribution in [0.5, 0.6) is 0 Å². The summed E-state index contributed by atoms with van der Waals surface area (Å²) in [5.74, 6) is 1.08. The number of hydrogen-bond acceptors (Lipinski definition) is 2. The van der Waals surface area contributed by atoms with Gasteiger partial charge in [-0.05, 0) is 35.1 Å². The second-order valence-corrected chi connectivity index (χ2v) is 6.34. The number of para-hydroxylation sites is 2. The molecule has 2 heteroatoms. The van der Waals surface area contributed by atoms with Gasteiger partial charge in [-0.1, -0.05) is 64.1 Å². The fourth-order valence-electron chi connectivity index (χ4n) is 2.72. The molecule has 0 saturated heterocycles. The van der Waals surface area contributed by atoms with E-state index >= 15 is 0 Å². The van der Waals surface area contributed by atoms with Crippen LogP contribution >= 0.6 is 0 Å². The van der Waals surface area contributed by atoms with Crippen LogP contribution in [0.15, 0.2) is 48.5 Å². The van der Waals surface area contributed by atoms with Crippen molar-refractivity contribution in [3.8, 4) is 0 Å². The lowest BCUT2D eigenvalue weighted by molar-refractivity contribution is 0.861. The molecule has 0 fully saturated rings. The second kappa shape index (κ2) is 7.88. The third-order valence-corrected chi connectivity index (χ3v) is 3.92. The van der Waals surface area contributed by atoms with Crippen LogP contribution in [0.4, 0.5) is 11.4 Å². The van der Waals surface area contributed by atoms with Gasteiger partial charge in [0.15, 0.2) is 0 Å². The predicted octanol–water partition coefficient (Wildman–Crippen LogP) is 5.46. The highest BCUT2D eigenvalue weighted by atomic mass is 14.9. The summed E-state index contributed by atoms with van der Waals surface area (Å²) in [6, 6.07) is 17.1. The molecule has 0 radical (unpaired) electrons. The van der Waals surface area contributed by atoms with Crippen LogP contribution in [0, 0.1) is 0 Å². The molecule has 2 nitrogen and oxygen atoms in total. The van der Waals surface area contributed by atoms with Crippen LogP contribution < -0.4 is 10.6 Å². The van der Waals surface area contributed by atoms with Gasteiger partial charge < -0.3 is 10.6 Å². The first kappa shape index (κ1) is 16.4. The molecule has 0 atom stereocenters. The van der Waals surface area contributed by atoms with E-state index in [1.54, 1.807) is 0 Å². The molecule has 22 heavy (non-hydrogen) atoms. The maximum atomic E-state index is 3.55. The van der Waals surface area contributed by atoms with E-state index < -0.39 is 0 Å². The fourth-order valence-corrected chi connectivity index (χ4v) is 2.72. The van der Waals surface area contributed by atoms with Gasteiger partial charge in [-0.3, -0.25) is 0 Å². The molecule has 118 valence electrons. The van der Waals surface area contributed by atoms with Crippen LogP contribution in [-0.2, 0) is 0 Å². The molecule has 2 rings (SSSR count). The summed E-state index contributed by atoms with van der Waals surface area (Å²) in [5, 5.41) is 7.10. The Hall–Kier alpha value is -1.96. The minimum absolute atomic E-state index is 0.540. The van der Waals surface area contributed by atoms with Crippen molar-refractivity contribution in [2.75, 3.05) is 23.7 Å². The topological polar surface area (TPSA) is 24.1 Å². The van der Waals surface area contributed by atoms with Gasteiger partial charge in [0, 0.05) is 24.5 Å². The smallest absolute Gasteiger partial charge is 0.0375 e. The molecule has 0 spiro atoms. The first-order valence-corrected chi connectivity index (χ1v) is 8.25. The second-order valence-electron chi connectivity index (χ2n) is 6.34. The standard InChI is InChI=1S/C20H28N2/c1-15(2)17-9-5-7-11-19(17)21-13-14-22-20-12-8-6-10-18(20)16(3)4/h5-12,15-16,21-22H,13-14H2,1-4H3. The first-order valence-electron chi connectivity index (χ1n) is 8.25. The highest BCUT2D eigenvalue weighted by Gasteiger charge is 2.06. The molecule has 0 heterocycles. The van der Waals surface area contributed by atoms with Crippen LogP contribution in [0.2, 0.25) is 0 Å². The van der Waals surface area contributed by atoms with Gasteiger partial charge in [-0.15, -0.1) is 0 Å². The maximum absolute atomic E-state index is 3.55. The predicted molar refractivity (Wildman–Crippen MR) is 98.0 cm³/mol. The number of nitrogens with one attached hydrogen (secondary N) is 2. The van der Waals surface area contributed by atoms with E-state index in [-0.39, 0.29) is 0 Å². The van der Waals surface area contributed by atoms with Gasteiger partial charge in [0.05, 0.1) is 0 Å². The Bertz CT molecular complexity index is 534. The average Bonchev–Trinajstić information content (AvgIpc) is 2.52. The molecule has 2 aromatic carbocycles. The Balaban J connectivity index is 1.91. The molecule has 0 bridgehead atoms. The minimum atomic E-state index is 0.540. The van der Waals surface area contributed by atoms with Crippen molar-refractivity contribution < 1.29 is 0 Å². The van der Waals surface area contributed by atoms with Gasteiger partial charge >= 0.3 is 0 Å². The minimum Gasteiger partial charge on any atom is -0.383 e. The molecule has 0 unspecified atom stereocenters. The summed E-state index contributed by atoms with van der Waals surface area (Å²) in [7, 11) is 0. The quantitative estimate of drug-likeness (QED) is 0.663. The Labute approximate surface area is 135 Å². The van der Waals surface area contributed by atoms with E-state index in [1.807, 2.05) is 0 Å². The summed E-state index contributed by atoms with van der Waals surface area (Å²) >= 11 is 0. The first-order chi connectivity index (χ1) is 10.6. The van der Waals surface area contributed by atoms with Crippen molar-refractivity contribution in [2.45, 2.75) is 39.5 Å². The summed E-state index contributed by atoms with van der Waals surface area (Å²) in [5.41, 5.74) is 5.25. The molecule has 2 aromatic rings. The highest BCUT2D eigenvalue weighted by Crippen LogP contribution is 2.24. The molecule has 2 N–H and O–H groups in total. The summed E-state index contributed by atoms with van der Waals surface area (Å²) in [4.78, 5) is 0. The molecule has 0 aliphatic rings. The zero-order valence-corrected chi connectivity index (χ0v) is 14.2. The van der Waals surface area contributed by atoms with E-state index in [0.717, 1.165) is 13.1 Å². The van der Waals surface area contributed by atoms with E-state index in [2.05, 4.69) is 86.9 Å². The lowest BCUT2D eigenvalue weighted by atomic mass is 10.0. The Morgan fingerprint density at radius 3 is 1.36 bits per heavy atom. The Kier molecular flexibility index (Phi) is 5.88. The fraction of sp³-hybridized carbons (Fsp3) is 0.400. The number of benzene rings is 2. The largest absolute Gasteiger partial charge is 0.383 e. The number of anilines is 2. The summed E-state index contributed by atoms with van der Waals surface area (Å²) in [6.45, 7) is 10.8. The van der Waals surface area contributed by atoms with Crippen molar-refractivity contribution in [1.29, 1.82) is 0 Å². The van der Waals surface area contributed by atoms with Crippen molar-refractivity contribution in [3.63, 3.8) is 0 Å². The molecule has 0 aromatic heterocycles. The SMILES string of the molecule is CC(C)c1ccccc1NCCNc1ccccc1C(C)C. The third kappa shape index (κ3) is 4.27. The van der Waals surface area contributed by atoms with Gasteiger partial charge in [-0.2, -0.15) is 0 Å². The summed E-state index contributed by atoms with van der Waals surface area (Å²) < 4.78 is 0. The number of rotatable bonds is 7. The van der Waals surface area contributed by atoms with Gasteiger partial charge in [0.2, 0.25) is 0 Å². The molecule has 0 saturated carbocycles. The van der Waals surface area contributed by atoms with E-state index in [1.165, 1.54) is 22.5 Å². The van der Waals surface area contributed by atoms with Crippen LogP contribution in [0.1, 0.15) is 50.7 Å². The van der Waals surface area contributed by atoms with Crippen molar-refractivity contribution in [2.24, 2.45) is 0 Å². The van der Waals surface area contributed by atoms with E-state index in [4.69, 9.17) is 0 Å². The maximum Gasteiger partial charge on any atom is 0.0375 e. The lowest BCUT2D eigenvalue weighted by Gasteiger charge is -2.17. The summed E-state index contributed by atoms with van der Waals surface area (Å²) in [6.07, 6.45) is 0. The van der Waals surface area contributed by atoms with Gasteiger partial charge in [0.25, 0.3) is 0 Å². The lowest BCUT2D eigenvalue weighted by Crippen LogP contribution is -2.15. The van der Waals surface area contributed by atoms with E-state index in [0.29, 0.717) is 11.8 Å². The highest BCUT2D eigenvalue weighted by molar-refractivity contribution is 5.54. The Morgan fingerprint density at radius 1 is 0.636 bits per heavy atom. The van der Waals surface area contributed by atoms with Crippen molar-refractivity contribution >= 4 is 11.4 Å². The van der Waals surface area contributed by atoms with Gasteiger partial charge in [0.1, 0.15) is 0 Å². The molecule has 0 amide bonds. The normalized spacial score (nSPS) is 11.0. The third-order valence-electron chi connectivity index (χ3n) is 3.92. The van der Waals surface area contributed by atoms with Crippen molar-refractivity contribution in [3.05, 3.63) is 59.7 Å². The molecule has 0 aliphatic carbocycles. The molecular formula is C20H28N2. The molecule has 0 aliphatic heterocycles. The Morgan fingerprint density at radius 2 is 1.00 bits per heavy atom. The average molecular weight is 296 g/mol. The van der Waals surface area contributed by atoms with Crippen molar-refractivity contribution in [1.82, 2.24) is 0 Å². The monoisotopic (exact) mass is 296 g/mol. The van der Waals surface area contributed by atoms with Gasteiger partial charge in [-0.25, -0.2) is 0 Å². The molecular weight excluding hydrogens is 268 g/mol. The number of hydrogen-bond donors (Lipinski definition) is 2.